The molecule has 0 unspecified atom stereocenters. The van der Waals surface area contributed by atoms with Crippen molar-refractivity contribution >= 4 is 31.9 Å². The molecule has 0 saturated heterocycles. The first-order valence-corrected chi connectivity index (χ1v) is 7.09. The zero-order valence-electron chi connectivity index (χ0n) is 8.63. The van der Waals surface area contributed by atoms with Crippen molar-refractivity contribution in [3.05, 3.63) is 34.4 Å². The second-order valence-corrected chi connectivity index (χ2v) is 4.85. The molecule has 0 spiro atoms. The first kappa shape index (κ1) is 13.2. The van der Waals surface area contributed by atoms with Gasteiger partial charge in [-0.1, -0.05) is 31.9 Å². The third-order valence-electron chi connectivity index (χ3n) is 2.30. The number of nitriles is 2. The van der Waals surface area contributed by atoms with E-state index >= 15 is 0 Å². The van der Waals surface area contributed by atoms with E-state index in [9.17, 15) is 0 Å². The molecule has 82 valence electrons. The van der Waals surface area contributed by atoms with Crippen LogP contribution in [0.25, 0.3) is 0 Å². The van der Waals surface area contributed by atoms with E-state index in [2.05, 4.69) is 44.0 Å². The fourth-order valence-corrected chi connectivity index (χ4v) is 2.37. The van der Waals surface area contributed by atoms with Crippen molar-refractivity contribution < 1.29 is 0 Å². The van der Waals surface area contributed by atoms with Crippen LogP contribution in [-0.4, -0.2) is 10.7 Å². The molecule has 0 fully saturated rings. The van der Waals surface area contributed by atoms with E-state index in [1.165, 1.54) is 0 Å². The molecule has 16 heavy (non-hydrogen) atoms. The second-order valence-electron chi connectivity index (χ2n) is 3.27. The van der Waals surface area contributed by atoms with Gasteiger partial charge in [0.25, 0.3) is 0 Å². The minimum absolute atomic E-state index is 0.675. The average molecular weight is 342 g/mol. The van der Waals surface area contributed by atoms with Crippen molar-refractivity contribution in [3.63, 3.8) is 0 Å². The van der Waals surface area contributed by atoms with E-state index in [0.717, 1.165) is 34.6 Å². The van der Waals surface area contributed by atoms with Crippen LogP contribution in [0.2, 0.25) is 0 Å². The van der Waals surface area contributed by atoms with Gasteiger partial charge in [0, 0.05) is 10.7 Å². The highest BCUT2D eigenvalue weighted by Crippen LogP contribution is 2.18. The topological polar surface area (TPSA) is 47.6 Å². The average Bonchev–Trinajstić information content (AvgIpc) is 2.31. The Labute approximate surface area is 112 Å². The Morgan fingerprint density at radius 2 is 1.25 bits per heavy atom. The van der Waals surface area contributed by atoms with Gasteiger partial charge in [0.05, 0.1) is 23.3 Å². The van der Waals surface area contributed by atoms with E-state index in [0.29, 0.717) is 11.1 Å². The standard InChI is InChI=1S/C12H10Br2N2/c13-3-1-9-5-12(8-16)10(2-4-14)6-11(9)7-15/h5-6H,1-4H2. The van der Waals surface area contributed by atoms with Crippen molar-refractivity contribution in [3.8, 4) is 12.1 Å². The number of halogens is 2. The molecule has 0 saturated carbocycles. The zero-order valence-corrected chi connectivity index (χ0v) is 11.8. The maximum Gasteiger partial charge on any atom is 0.0994 e. The minimum atomic E-state index is 0.675. The number of nitrogens with zero attached hydrogens (tertiary/aromatic N) is 2. The fraction of sp³-hybridized carbons (Fsp3) is 0.333. The number of hydrogen-bond donors (Lipinski definition) is 0. The molecule has 1 aromatic rings. The predicted octanol–water partition coefficient (Wildman–Crippen LogP) is 3.30. The van der Waals surface area contributed by atoms with Crippen LogP contribution >= 0.6 is 31.9 Å². The Hall–Kier alpha value is -0.840. The smallest absolute Gasteiger partial charge is 0.0994 e. The summed E-state index contributed by atoms with van der Waals surface area (Å²) in [5.41, 5.74) is 3.23. The highest BCUT2D eigenvalue weighted by Gasteiger charge is 2.08. The molecule has 0 bridgehead atoms. The molecule has 0 N–H and O–H groups in total. The summed E-state index contributed by atoms with van der Waals surface area (Å²) in [6, 6.07) is 8.03. The fourth-order valence-electron chi connectivity index (χ4n) is 1.51. The van der Waals surface area contributed by atoms with Crippen LogP contribution < -0.4 is 0 Å². The molecular formula is C12H10Br2N2. The minimum Gasteiger partial charge on any atom is -0.192 e. The lowest BCUT2D eigenvalue weighted by molar-refractivity contribution is 1.10. The molecule has 1 rings (SSSR count). The van der Waals surface area contributed by atoms with E-state index in [1.54, 1.807) is 0 Å². The lowest BCUT2D eigenvalue weighted by Crippen LogP contribution is -1.99. The maximum atomic E-state index is 9.04. The highest BCUT2D eigenvalue weighted by atomic mass is 79.9. The summed E-state index contributed by atoms with van der Waals surface area (Å²) in [6.45, 7) is 0. The molecule has 1 aromatic carbocycles. The Balaban J connectivity index is 3.25. The van der Waals surface area contributed by atoms with E-state index in [-0.39, 0.29) is 0 Å². The predicted molar refractivity (Wildman–Crippen MR) is 70.9 cm³/mol. The lowest BCUT2D eigenvalue weighted by atomic mass is 9.97. The van der Waals surface area contributed by atoms with Crippen LogP contribution in [0.5, 0.6) is 0 Å². The first-order chi connectivity index (χ1) is 7.76. The van der Waals surface area contributed by atoms with Gasteiger partial charge in [-0.05, 0) is 36.1 Å². The molecule has 2 nitrogen and oxygen atoms in total. The molecular weight excluding hydrogens is 332 g/mol. The Morgan fingerprint density at radius 1 is 0.875 bits per heavy atom. The quantitative estimate of drug-likeness (QED) is 0.789. The van der Waals surface area contributed by atoms with E-state index < -0.39 is 0 Å². The Kier molecular flexibility index (Phi) is 5.52. The van der Waals surface area contributed by atoms with E-state index in [1.807, 2.05) is 12.1 Å². The molecule has 0 heterocycles. The monoisotopic (exact) mass is 340 g/mol. The summed E-state index contributed by atoms with van der Waals surface area (Å²) >= 11 is 6.69. The number of benzene rings is 1. The third-order valence-corrected chi connectivity index (χ3v) is 3.09. The normalized spacial score (nSPS) is 9.50. The summed E-state index contributed by atoms with van der Waals surface area (Å²) in [4.78, 5) is 0. The summed E-state index contributed by atoms with van der Waals surface area (Å²) in [7, 11) is 0. The van der Waals surface area contributed by atoms with Gasteiger partial charge < -0.3 is 0 Å². The zero-order chi connectivity index (χ0) is 12.0. The molecule has 0 aromatic heterocycles. The maximum absolute atomic E-state index is 9.04. The lowest BCUT2D eigenvalue weighted by Gasteiger charge is -2.07. The number of rotatable bonds is 4. The molecule has 0 aliphatic rings. The van der Waals surface area contributed by atoms with Crippen molar-refractivity contribution in [2.75, 3.05) is 10.7 Å². The molecule has 0 atom stereocenters. The van der Waals surface area contributed by atoms with Crippen LogP contribution in [0.4, 0.5) is 0 Å². The van der Waals surface area contributed by atoms with E-state index in [4.69, 9.17) is 10.5 Å². The molecule has 0 aliphatic heterocycles. The Bertz CT molecular complexity index is 412. The van der Waals surface area contributed by atoms with Gasteiger partial charge in [-0.15, -0.1) is 0 Å². The SMILES string of the molecule is N#Cc1cc(CCBr)c(C#N)cc1CCBr. The summed E-state index contributed by atoms with van der Waals surface area (Å²) in [6.07, 6.45) is 1.54. The molecule has 0 aliphatic carbocycles. The van der Waals surface area contributed by atoms with Crippen molar-refractivity contribution in [1.82, 2.24) is 0 Å². The van der Waals surface area contributed by atoms with Crippen molar-refractivity contribution in [1.29, 1.82) is 10.5 Å². The van der Waals surface area contributed by atoms with Gasteiger partial charge in [0.2, 0.25) is 0 Å². The van der Waals surface area contributed by atoms with Crippen LogP contribution in [-0.2, 0) is 12.8 Å². The number of hydrogen-bond acceptors (Lipinski definition) is 2. The van der Waals surface area contributed by atoms with Crippen LogP contribution in [0, 0.1) is 22.7 Å². The van der Waals surface area contributed by atoms with Gasteiger partial charge in [0.1, 0.15) is 0 Å². The number of aryl methyl sites for hydroxylation is 2. The Morgan fingerprint density at radius 3 is 1.50 bits per heavy atom. The van der Waals surface area contributed by atoms with Gasteiger partial charge in [-0.2, -0.15) is 10.5 Å². The first-order valence-electron chi connectivity index (χ1n) is 4.84. The van der Waals surface area contributed by atoms with Crippen molar-refractivity contribution in [2.24, 2.45) is 0 Å². The van der Waals surface area contributed by atoms with Gasteiger partial charge in [-0.25, -0.2) is 0 Å². The molecule has 4 heteroatoms. The van der Waals surface area contributed by atoms with Crippen LogP contribution in [0.15, 0.2) is 12.1 Å². The van der Waals surface area contributed by atoms with Crippen LogP contribution in [0.3, 0.4) is 0 Å². The highest BCUT2D eigenvalue weighted by molar-refractivity contribution is 9.09. The summed E-state index contributed by atoms with van der Waals surface area (Å²) in [5, 5.41) is 19.7. The summed E-state index contributed by atoms with van der Waals surface area (Å²) in [5.74, 6) is 0. The van der Waals surface area contributed by atoms with Crippen molar-refractivity contribution in [2.45, 2.75) is 12.8 Å². The third kappa shape index (κ3) is 3.07. The van der Waals surface area contributed by atoms with Crippen LogP contribution in [0.1, 0.15) is 22.3 Å². The molecule has 0 radical (unpaired) electrons. The summed E-state index contributed by atoms with van der Waals surface area (Å²) < 4.78 is 0. The second kappa shape index (κ2) is 6.68. The van der Waals surface area contributed by atoms with Gasteiger partial charge in [-0.3, -0.25) is 0 Å². The largest absolute Gasteiger partial charge is 0.192 e. The number of alkyl halides is 2. The molecule has 0 amide bonds. The van der Waals surface area contributed by atoms with Gasteiger partial charge in [0.15, 0.2) is 0 Å². The van der Waals surface area contributed by atoms with Gasteiger partial charge >= 0.3 is 0 Å².